The van der Waals surface area contributed by atoms with Crippen molar-refractivity contribution in [3.63, 3.8) is 0 Å². The van der Waals surface area contributed by atoms with E-state index in [1.807, 2.05) is 19.1 Å². The molecular formula is C13H14ClN3O. The maximum atomic E-state index is 11.8. The minimum Gasteiger partial charge on any atom is -0.323 e. The number of pyridine rings is 1. The van der Waals surface area contributed by atoms with E-state index in [2.05, 4.69) is 10.3 Å². The van der Waals surface area contributed by atoms with Crippen molar-refractivity contribution in [2.45, 2.75) is 19.4 Å². The van der Waals surface area contributed by atoms with Crippen LogP contribution in [0.2, 0.25) is 5.02 Å². The van der Waals surface area contributed by atoms with Crippen LogP contribution in [0, 0.1) is 0 Å². The monoisotopic (exact) mass is 263 g/mol. The lowest BCUT2D eigenvalue weighted by Gasteiger charge is -2.12. The fourth-order valence-corrected chi connectivity index (χ4v) is 1.89. The third kappa shape index (κ3) is 2.60. The second kappa shape index (κ2) is 5.33. The molecule has 94 valence electrons. The smallest absolute Gasteiger partial charge is 0.241 e. The summed E-state index contributed by atoms with van der Waals surface area (Å²) in [7, 11) is 0. The highest BCUT2D eigenvalue weighted by atomic mass is 35.5. The van der Waals surface area contributed by atoms with E-state index in [4.69, 9.17) is 17.3 Å². The number of halogens is 1. The number of carbonyl (C=O) groups is 1. The van der Waals surface area contributed by atoms with Crippen LogP contribution in [0.3, 0.4) is 0 Å². The quantitative estimate of drug-likeness (QED) is 0.894. The molecule has 1 amide bonds. The Morgan fingerprint density at radius 3 is 3.06 bits per heavy atom. The van der Waals surface area contributed by atoms with Crippen LogP contribution in [0.25, 0.3) is 10.9 Å². The number of hydrogen-bond acceptors (Lipinski definition) is 3. The van der Waals surface area contributed by atoms with Crippen LogP contribution in [0.5, 0.6) is 0 Å². The molecule has 18 heavy (non-hydrogen) atoms. The molecule has 0 saturated carbocycles. The molecule has 4 nitrogen and oxygen atoms in total. The van der Waals surface area contributed by atoms with Gasteiger partial charge in [0, 0.05) is 16.6 Å². The highest BCUT2D eigenvalue weighted by Crippen LogP contribution is 2.26. The molecule has 0 saturated heterocycles. The number of benzene rings is 1. The molecular weight excluding hydrogens is 250 g/mol. The van der Waals surface area contributed by atoms with Crippen LogP contribution in [0.15, 0.2) is 30.5 Å². The summed E-state index contributed by atoms with van der Waals surface area (Å²) in [6.07, 6.45) is 2.25. The van der Waals surface area contributed by atoms with Crippen molar-refractivity contribution in [2.75, 3.05) is 5.32 Å². The zero-order valence-corrected chi connectivity index (χ0v) is 10.7. The van der Waals surface area contributed by atoms with E-state index in [1.165, 1.54) is 0 Å². The summed E-state index contributed by atoms with van der Waals surface area (Å²) in [5.74, 6) is -0.230. The normalized spacial score (nSPS) is 12.4. The van der Waals surface area contributed by atoms with Gasteiger partial charge >= 0.3 is 0 Å². The molecule has 1 aromatic carbocycles. The first-order valence-electron chi connectivity index (χ1n) is 5.72. The third-order valence-corrected chi connectivity index (χ3v) is 2.92. The molecule has 2 aromatic rings. The number of nitrogens with two attached hydrogens (primary N) is 1. The summed E-state index contributed by atoms with van der Waals surface area (Å²) >= 11 is 6.01. The molecule has 0 spiro atoms. The van der Waals surface area contributed by atoms with Gasteiger partial charge in [-0.2, -0.15) is 0 Å². The largest absolute Gasteiger partial charge is 0.323 e. The minimum absolute atomic E-state index is 0.230. The van der Waals surface area contributed by atoms with Crippen molar-refractivity contribution in [1.82, 2.24) is 4.98 Å². The van der Waals surface area contributed by atoms with Gasteiger partial charge < -0.3 is 11.1 Å². The number of nitrogens with one attached hydrogen (secondary N) is 1. The predicted molar refractivity (Wildman–Crippen MR) is 73.6 cm³/mol. The van der Waals surface area contributed by atoms with Crippen molar-refractivity contribution in [1.29, 1.82) is 0 Å². The number of aromatic nitrogens is 1. The second-order valence-electron chi connectivity index (χ2n) is 4.03. The lowest BCUT2D eigenvalue weighted by molar-refractivity contribution is -0.117. The van der Waals surface area contributed by atoms with Gasteiger partial charge in [0.15, 0.2) is 0 Å². The summed E-state index contributed by atoms with van der Waals surface area (Å²) in [4.78, 5) is 16.0. The molecule has 0 radical (unpaired) electrons. The fraction of sp³-hybridized carbons (Fsp3) is 0.231. The van der Waals surface area contributed by atoms with Crippen LogP contribution in [0.4, 0.5) is 5.69 Å². The van der Waals surface area contributed by atoms with Crippen LogP contribution >= 0.6 is 11.6 Å². The Hall–Kier alpha value is -1.65. The molecule has 3 N–H and O–H groups in total. The Morgan fingerprint density at radius 1 is 1.56 bits per heavy atom. The summed E-state index contributed by atoms with van der Waals surface area (Å²) in [5, 5.41) is 4.20. The van der Waals surface area contributed by atoms with Gasteiger partial charge in [0.05, 0.1) is 17.2 Å². The summed E-state index contributed by atoms with van der Waals surface area (Å²) in [6.45, 7) is 1.86. The van der Waals surface area contributed by atoms with Gasteiger partial charge in [-0.25, -0.2) is 0 Å². The maximum absolute atomic E-state index is 11.8. The zero-order valence-electron chi connectivity index (χ0n) is 9.98. The molecule has 0 unspecified atom stereocenters. The topological polar surface area (TPSA) is 68.0 Å². The van der Waals surface area contributed by atoms with Crippen LogP contribution < -0.4 is 11.1 Å². The zero-order chi connectivity index (χ0) is 13.1. The van der Waals surface area contributed by atoms with Gasteiger partial charge in [-0.3, -0.25) is 9.78 Å². The Morgan fingerprint density at radius 2 is 2.33 bits per heavy atom. The molecule has 0 bridgehead atoms. The number of hydrogen-bond donors (Lipinski definition) is 2. The molecule has 0 fully saturated rings. The number of carbonyl (C=O) groups excluding carboxylic acids is 1. The average molecular weight is 264 g/mol. The summed E-state index contributed by atoms with van der Waals surface area (Å²) in [5.41, 5.74) is 6.98. The Kier molecular flexibility index (Phi) is 3.79. The van der Waals surface area contributed by atoms with Crippen molar-refractivity contribution in [3.05, 3.63) is 35.5 Å². The standard InChI is InChI=1S/C13H14ClN3O/c1-2-10(15)13(18)17-11-7-9(14)6-8-4-3-5-16-12(8)11/h3-7,10H,2,15H2,1H3,(H,17,18)/t10-/m0/s1. The minimum atomic E-state index is -0.525. The third-order valence-electron chi connectivity index (χ3n) is 2.70. The molecule has 0 aliphatic carbocycles. The lowest BCUT2D eigenvalue weighted by atomic mass is 10.1. The van der Waals surface area contributed by atoms with E-state index in [0.29, 0.717) is 22.6 Å². The highest BCUT2D eigenvalue weighted by Gasteiger charge is 2.13. The Labute approximate surface area is 110 Å². The maximum Gasteiger partial charge on any atom is 0.241 e. The van der Waals surface area contributed by atoms with Crippen molar-refractivity contribution in [2.24, 2.45) is 5.73 Å². The molecule has 2 rings (SSSR count). The van der Waals surface area contributed by atoms with Crippen LogP contribution in [-0.4, -0.2) is 16.9 Å². The Bertz CT molecular complexity index is 585. The van der Waals surface area contributed by atoms with Gasteiger partial charge in [0.1, 0.15) is 0 Å². The first-order chi connectivity index (χ1) is 8.61. The van der Waals surface area contributed by atoms with Gasteiger partial charge in [-0.15, -0.1) is 0 Å². The van der Waals surface area contributed by atoms with E-state index in [9.17, 15) is 4.79 Å². The Balaban J connectivity index is 2.41. The molecule has 1 atom stereocenters. The first kappa shape index (κ1) is 12.8. The average Bonchev–Trinajstić information content (AvgIpc) is 2.37. The van der Waals surface area contributed by atoms with Crippen molar-refractivity contribution in [3.8, 4) is 0 Å². The van der Waals surface area contributed by atoms with Crippen LogP contribution in [0.1, 0.15) is 13.3 Å². The molecule has 0 aliphatic heterocycles. The van der Waals surface area contributed by atoms with E-state index in [1.54, 1.807) is 18.3 Å². The van der Waals surface area contributed by atoms with Gasteiger partial charge in [0.2, 0.25) is 5.91 Å². The van der Waals surface area contributed by atoms with Crippen molar-refractivity contribution < 1.29 is 4.79 Å². The predicted octanol–water partition coefficient (Wildman–Crippen LogP) is 2.56. The lowest BCUT2D eigenvalue weighted by Crippen LogP contribution is -2.34. The molecule has 0 aliphatic rings. The SMILES string of the molecule is CC[C@H](N)C(=O)Nc1cc(Cl)cc2cccnc12. The van der Waals surface area contributed by atoms with E-state index < -0.39 is 6.04 Å². The van der Waals surface area contributed by atoms with Gasteiger partial charge in [-0.05, 0) is 24.6 Å². The van der Waals surface area contributed by atoms with Gasteiger partial charge in [-0.1, -0.05) is 24.6 Å². The molecule has 5 heteroatoms. The molecule has 1 heterocycles. The highest BCUT2D eigenvalue weighted by molar-refractivity contribution is 6.32. The van der Waals surface area contributed by atoms with E-state index in [0.717, 1.165) is 5.39 Å². The summed E-state index contributed by atoms with van der Waals surface area (Å²) in [6, 6.07) is 6.67. The number of nitrogens with zero attached hydrogens (tertiary/aromatic N) is 1. The number of rotatable bonds is 3. The van der Waals surface area contributed by atoms with Gasteiger partial charge in [0.25, 0.3) is 0 Å². The number of fused-ring (bicyclic) bond motifs is 1. The molecule has 1 aromatic heterocycles. The van der Waals surface area contributed by atoms with Crippen molar-refractivity contribution >= 4 is 34.1 Å². The number of amides is 1. The van der Waals surface area contributed by atoms with Crippen LogP contribution in [-0.2, 0) is 4.79 Å². The second-order valence-corrected chi connectivity index (χ2v) is 4.47. The number of anilines is 1. The first-order valence-corrected chi connectivity index (χ1v) is 6.10. The fourth-order valence-electron chi connectivity index (χ4n) is 1.66. The summed E-state index contributed by atoms with van der Waals surface area (Å²) < 4.78 is 0. The van der Waals surface area contributed by atoms with E-state index in [-0.39, 0.29) is 5.91 Å². The van der Waals surface area contributed by atoms with E-state index >= 15 is 0 Å².